The number of aromatic amines is 1. The molecule has 0 unspecified atom stereocenters. The van der Waals surface area contributed by atoms with E-state index >= 15 is 0 Å². The minimum atomic E-state index is -0.234. The summed E-state index contributed by atoms with van der Waals surface area (Å²) in [5.74, 6) is 0.817. The van der Waals surface area contributed by atoms with Crippen LogP contribution in [-0.4, -0.2) is 48.4 Å². The topological polar surface area (TPSA) is 88.8 Å². The van der Waals surface area contributed by atoms with Crippen LogP contribution in [0.3, 0.4) is 0 Å². The minimum absolute atomic E-state index is 0.0383. The summed E-state index contributed by atoms with van der Waals surface area (Å²) in [5, 5.41) is 11.2. The number of benzene rings is 1. The van der Waals surface area contributed by atoms with Gasteiger partial charge in [0, 0.05) is 31.7 Å². The van der Waals surface area contributed by atoms with Crippen LogP contribution < -0.4 is 5.69 Å². The molecule has 0 aliphatic carbocycles. The molecule has 8 heteroatoms. The normalized spacial score (nSPS) is 15.1. The van der Waals surface area contributed by atoms with Crippen molar-refractivity contribution in [3.05, 3.63) is 64.1 Å². The van der Waals surface area contributed by atoms with Crippen LogP contribution in [0, 0.1) is 6.92 Å². The smallest absolute Gasteiger partial charge is 0.337 e. The van der Waals surface area contributed by atoms with Crippen LogP contribution in [0.5, 0.6) is 0 Å². The second-order valence-electron chi connectivity index (χ2n) is 7.18. The highest BCUT2D eigenvalue weighted by Gasteiger charge is 2.29. The fraction of sp³-hybridized carbons (Fsp3) is 0.400. The molecule has 1 amide bonds. The van der Waals surface area contributed by atoms with Crippen LogP contribution in [0.1, 0.15) is 47.6 Å². The van der Waals surface area contributed by atoms with E-state index in [0.717, 1.165) is 36.5 Å². The first-order valence-corrected chi connectivity index (χ1v) is 9.64. The molecule has 1 aromatic carbocycles. The molecule has 4 rings (SSSR count). The van der Waals surface area contributed by atoms with E-state index in [2.05, 4.69) is 15.3 Å². The minimum Gasteiger partial charge on any atom is -0.337 e. The summed E-state index contributed by atoms with van der Waals surface area (Å²) in [6, 6.07) is 9.59. The van der Waals surface area contributed by atoms with Crippen molar-refractivity contribution in [2.45, 2.75) is 39.2 Å². The molecular formula is C20H24N6O2. The maximum Gasteiger partial charge on any atom is 0.347 e. The molecule has 8 nitrogen and oxygen atoms in total. The number of nitrogens with zero attached hydrogens (tertiary/aromatic N) is 5. The zero-order chi connectivity index (χ0) is 19.7. The van der Waals surface area contributed by atoms with Crippen molar-refractivity contribution in [2.75, 3.05) is 13.1 Å². The van der Waals surface area contributed by atoms with Gasteiger partial charge in [0.05, 0.1) is 5.69 Å². The third-order valence-corrected chi connectivity index (χ3v) is 5.32. The zero-order valence-electron chi connectivity index (χ0n) is 16.1. The number of nitrogens with one attached hydrogen (secondary N) is 1. The average molecular weight is 380 g/mol. The van der Waals surface area contributed by atoms with Crippen LogP contribution in [0.2, 0.25) is 0 Å². The van der Waals surface area contributed by atoms with Gasteiger partial charge in [-0.15, -0.1) is 0 Å². The van der Waals surface area contributed by atoms with Gasteiger partial charge in [0.25, 0.3) is 5.91 Å². The maximum atomic E-state index is 12.7. The molecule has 0 spiro atoms. The summed E-state index contributed by atoms with van der Waals surface area (Å²) in [7, 11) is 0. The van der Waals surface area contributed by atoms with Crippen molar-refractivity contribution < 1.29 is 4.79 Å². The van der Waals surface area contributed by atoms with Crippen molar-refractivity contribution >= 4 is 5.91 Å². The molecule has 1 saturated heterocycles. The molecule has 0 radical (unpaired) electrons. The van der Waals surface area contributed by atoms with E-state index in [1.165, 1.54) is 0 Å². The number of H-pyrrole nitrogens is 1. The summed E-state index contributed by atoms with van der Waals surface area (Å²) < 4.78 is 3.40. The van der Waals surface area contributed by atoms with Crippen molar-refractivity contribution in [2.24, 2.45) is 0 Å². The summed E-state index contributed by atoms with van der Waals surface area (Å²) in [5.41, 5.74) is 2.20. The number of aromatic nitrogens is 5. The number of carbonyl (C=O) groups is 1. The van der Waals surface area contributed by atoms with E-state index in [0.29, 0.717) is 18.8 Å². The van der Waals surface area contributed by atoms with Gasteiger partial charge in [0.2, 0.25) is 0 Å². The van der Waals surface area contributed by atoms with Crippen molar-refractivity contribution in [3.63, 3.8) is 0 Å². The van der Waals surface area contributed by atoms with Gasteiger partial charge in [-0.25, -0.2) is 14.5 Å². The Labute approximate surface area is 162 Å². The SMILES string of the molecule is CCn1ccc(C(=O)N2CCC(c3n[nH]c(=O)n3-c3ccc(C)cc3)CC2)n1. The lowest BCUT2D eigenvalue weighted by Crippen LogP contribution is -2.38. The average Bonchev–Trinajstić information content (AvgIpc) is 3.35. The van der Waals surface area contributed by atoms with Gasteiger partial charge in [0.1, 0.15) is 11.5 Å². The highest BCUT2D eigenvalue weighted by molar-refractivity contribution is 5.92. The highest BCUT2D eigenvalue weighted by atomic mass is 16.2. The predicted molar refractivity (Wildman–Crippen MR) is 105 cm³/mol. The van der Waals surface area contributed by atoms with E-state index < -0.39 is 0 Å². The van der Waals surface area contributed by atoms with Crippen LogP contribution in [0.25, 0.3) is 5.69 Å². The fourth-order valence-corrected chi connectivity index (χ4v) is 3.68. The Bertz CT molecular complexity index is 1020. The number of piperidine rings is 1. The van der Waals surface area contributed by atoms with Crippen molar-refractivity contribution in [3.8, 4) is 5.69 Å². The lowest BCUT2D eigenvalue weighted by atomic mass is 9.95. The van der Waals surface area contributed by atoms with Crippen LogP contribution in [0.15, 0.2) is 41.3 Å². The quantitative estimate of drug-likeness (QED) is 0.751. The number of likely N-dealkylation sites (tertiary alicyclic amines) is 1. The Morgan fingerprint density at radius 1 is 1.18 bits per heavy atom. The summed E-state index contributed by atoms with van der Waals surface area (Å²) >= 11 is 0. The van der Waals surface area contributed by atoms with Gasteiger partial charge in [-0.05, 0) is 44.9 Å². The number of amides is 1. The zero-order valence-corrected chi connectivity index (χ0v) is 16.1. The van der Waals surface area contributed by atoms with Gasteiger partial charge >= 0.3 is 5.69 Å². The first kappa shape index (κ1) is 18.2. The van der Waals surface area contributed by atoms with Gasteiger partial charge in [0.15, 0.2) is 0 Å². The largest absolute Gasteiger partial charge is 0.347 e. The lowest BCUT2D eigenvalue weighted by molar-refractivity contribution is 0.0703. The second kappa shape index (κ2) is 7.46. The molecule has 0 atom stereocenters. The van der Waals surface area contributed by atoms with E-state index in [4.69, 9.17) is 0 Å². The predicted octanol–water partition coefficient (Wildman–Crippen LogP) is 2.11. The number of carbonyl (C=O) groups excluding carboxylic acids is 1. The van der Waals surface area contributed by atoms with Gasteiger partial charge in [-0.2, -0.15) is 10.2 Å². The fourth-order valence-electron chi connectivity index (χ4n) is 3.68. The van der Waals surface area contributed by atoms with Crippen LogP contribution in [0.4, 0.5) is 0 Å². The summed E-state index contributed by atoms with van der Waals surface area (Å²) in [6.07, 6.45) is 3.34. The molecule has 3 heterocycles. The van der Waals surface area contributed by atoms with Gasteiger partial charge in [-0.3, -0.25) is 9.48 Å². The first-order chi connectivity index (χ1) is 13.6. The van der Waals surface area contributed by atoms with Gasteiger partial charge in [-0.1, -0.05) is 17.7 Å². The summed E-state index contributed by atoms with van der Waals surface area (Å²) in [6.45, 7) is 5.99. The van der Waals surface area contributed by atoms with E-state index in [-0.39, 0.29) is 17.5 Å². The molecule has 1 aliphatic heterocycles. The Morgan fingerprint density at radius 2 is 1.89 bits per heavy atom. The molecule has 146 valence electrons. The Kier molecular flexibility index (Phi) is 4.85. The molecule has 3 aromatic rings. The Morgan fingerprint density at radius 3 is 2.54 bits per heavy atom. The van der Waals surface area contributed by atoms with E-state index in [1.807, 2.05) is 49.2 Å². The number of rotatable bonds is 4. The number of hydrogen-bond acceptors (Lipinski definition) is 4. The Hall–Kier alpha value is -3.16. The molecule has 1 N–H and O–H groups in total. The number of hydrogen-bond donors (Lipinski definition) is 1. The Balaban J connectivity index is 1.49. The van der Waals surface area contributed by atoms with Gasteiger partial charge < -0.3 is 4.90 Å². The third-order valence-electron chi connectivity index (χ3n) is 5.32. The summed E-state index contributed by atoms with van der Waals surface area (Å²) in [4.78, 5) is 26.8. The molecule has 1 aliphatic rings. The molecule has 2 aromatic heterocycles. The van der Waals surface area contributed by atoms with E-state index in [1.54, 1.807) is 15.3 Å². The third kappa shape index (κ3) is 3.37. The van der Waals surface area contributed by atoms with Crippen molar-refractivity contribution in [1.29, 1.82) is 0 Å². The molecule has 0 saturated carbocycles. The lowest BCUT2D eigenvalue weighted by Gasteiger charge is -2.31. The maximum absolute atomic E-state index is 12.7. The monoisotopic (exact) mass is 380 g/mol. The molecule has 0 bridgehead atoms. The van der Waals surface area contributed by atoms with Crippen LogP contribution in [-0.2, 0) is 6.54 Å². The van der Waals surface area contributed by atoms with Crippen molar-refractivity contribution in [1.82, 2.24) is 29.4 Å². The molecule has 1 fully saturated rings. The molecule has 28 heavy (non-hydrogen) atoms. The first-order valence-electron chi connectivity index (χ1n) is 9.64. The highest BCUT2D eigenvalue weighted by Crippen LogP contribution is 2.28. The molecular weight excluding hydrogens is 356 g/mol. The van der Waals surface area contributed by atoms with Crippen LogP contribution >= 0.6 is 0 Å². The second-order valence-corrected chi connectivity index (χ2v) is 7.18. The number of aryl methyl sites for hydroxylation is 2. The standard InChI is InChI=1S/C20H24N6O2/c1-3-25-13-10-17(23-25)19(27)24-11-8-15(9-12-24)18-21-22-20(28)26(18)16-6-4-14(2)5-7-16/h4-7,10,13,15H,3,8-9,11-12H2,1-2H3,(H,22,28). The van der Waals surface area contributed by atoms with E-state index in [9.17, 15) is 9.59 Å².